The fourth-order valence-electron chi connectivity index (χ4n) is 4.58. The third kappa shape index (κ3) is 4.84. The Morgan fingerprint density at radius 2 is 1.59 bits per heavy atom. The summed E-state index contributed by atoms with van der Waals surface area (Å²) < 4.78 is 12.7. The maximum absolute atomic E-state index is 13.7. The first-order valence-electron chi connectivity index (χ1n) is 12.1. The van der Waals surface area contributed by atoms with Crippen LogP contribution in [-0.2, 0) is 13.1 Å². The van der Waals surface area contributed by atoms with E-state index in [1.807, 2.05) is 91.9 Å². The highest BCUT2D eigenvalue weighted by Gasteiger charge is 2.15. The van der Waals surface area contributed by atoms with Crippen LogP contribution in [0, 0.1) is 6.92 Å². The molecule has 4 aromatic carbocycles. The summed E-state index contributed by atoms with van der Waals surface area (Å²) in [5.41, 5.74) is 12.3. The first kappa shape index (κ1) is 24.3. The topological polar surface area (TPSA) is 79.4 Å². The molecule has 1 heterocycles. The summed E-state index contributed by atoms with van der Waals surface area (Å²) in [6.07, 6.45) is 0. The number of hydrogen-bond acceptors (Lipinski definition) is 5. The molecular weight excluding hydrogens is 462 g/mol. The molecule has 0 unspecified atom stereocenters. The quantitative estimate of drug-likeness (QED) is 0.322. The summed E-state index contributed by atoms with van der Waals surface area (Å²) in [6.45, 7) is 2.82. The van der Waals surface area contributed by atoms with Crippen LogP contribution in [0.3, 0.4) is 0 Å². The van der Waals surface area contributed by atoms with E-state index in [2.05, 4.69) is 0 Å². The minimum Gasteiger partial charge on any atom is -0.497 e. The first-order chi connectivity index (χ1) is 18.0. The molecule has 0 saturated carbocycles. The van der Waals surface area contributed by atoms with Gasteiger partial charge in [-0.05, 0) is 47.9 Å². The van der Waals surface area contributed by atoms with Crippen molar-refractivity contribution >= 4 is 10.9 Å². The van der Waals surface area contributed by atoms with Crippen molar-refractivity contribution in [2.24, 2.45) is 5.73 Å². The van der Waals surface area contributed by atoms with Gasteiger partial charge in [0.15, 0.2) is 0 Å². The molecule has 0 radical (unpaired) electrons. The number of rotatable bonds is 7. The molecule has 0 fully saturated rings. The molecule has 0 aliphatic carbocycles. The van der Waals surface area contributed by atoms with Crippen LogP contribution in [0.1, 0.15) is 16.7 Å². The number of aromatic nitrogens is 2. The van der Waals surface area contributed by atoms with E-state index in [-0.39, 0.29) is 5.56 Å². The van der Waals surface area contributed by atoms with Gasteiger partial charge >= 0.3 is 0 Å². The van der Waals surface area contributed by atoms with Gasteiger partial charge in [0.2, 0.25) is 0 Å². The monoisotopic (exact) mass is 491 g/mol. The van der Waals surface area contributed by atoms with Gasteiger partial charge in [-0.1, -0.05) is 60.2 Å². The van der Waals surface area contributed by atoms with Crippen LogP contribution in [0.4, 0.5) is 0 Å². The van der Waals surface area contributed by atoms with Gasteiger partial charge in [-0.2, -0.15) is 0 Å². The second kappa shape index (κ2) is 10.3. The molecule has 0 amide bonds. The zero-order valence-electron chi connectivity index (χ0n) is 21.2. The van der Waals surface area contributed by atoms with E-state index in [0.717, 1.165) is 44.9 Å². The van der Waals surface area contributed by atoms with Gasteiger partial charge in [0.05, 0.1) is 31.7 Å². The van der Waals surface area contributed by atoms with E-state index in [4.69, 9.17) is 20.2 Å². The number of ether oxygens (including phenoxy) is 2. The van der Waals surface area contributed by atoms with Crippen LogP contribution in [0.2, 0.25) is 0 Å². The van der Waals surface area contributed by atoms with E-state index in [0.29, 0.717) is 29.8 Å². The summed E-state index contributed by atoms with van der Waals surface area (Å²) in [5, 5.41) is 0.610. The maximum Gasteiger partial charge on any atom is 0.261 e. The number of methoxy groups -OCH3 is 2. The molecule has 0 spiro atoms. The molecule has 0 aliphatic rings. The SMILES string of the molecule is COc1ccc(-c2ccc(-c3nc4ccc(C)cc4c(=O)n3Cc3cccc(CN)c3)cc2)c(OC)c1. The largest absolute Gasteiger partial charge is 0.497 e. The minimum absolute atomic E-state index is 0.0669. The molecule has 6 heteroatoms. The molecule has 5 aromatic rings. The molecular formula is C31H29N3O3. The molecule has 0 saturated heterocycles. The van der Waals surface area contributed by atoms with Crippen LogP contribution in [0.5, 0.6) is 11.5 Å². The van der Waals surface area contributed by atoms with Crippen LogP contribution in [-0.4, -0.2) is 23.8 Å². The molecule has 2 N–H and O–H groups in total. The lowest BCUT2D eigenvalue weighted by Crippen LogP contribution is -2.24. The van der Waals surface area contributed by atoms with E-state index in [1.165, 1.54) is 0 Å². The van der Waals surface area contributed by atoms with E-state index >= 15 is 0 Å². The number of hydrogen-bond donors (Lipinski definition) is 1. The Balaban J connectivity index is 1.63. The standard InChI is InChI=1S/C31H29N3O3/c1-20-7-14-28-27(15-20)31(35)34(19-22-6-4-5-21(16-22)18-32)30(33-28)24-10-8-23(9-11-24)26-13-12-25(36-2)17-29(26)37-3/h4-17H,18-19,32H2,1-3H3. The molecule has 0 bridgehead atoms. The highest BCUT2D eigenvalue weighted by Crippen LogP contribution is 2.34. The highest BCUT2D eigenvalue weighted by atomic mass is 16.5. The number of nitrogens with two attached hydrogens (primary N) is 1. The Morgan fingerprint density at radius 1 is 0.838 bits per heavy atom. The molecule has 186 valence electrons. The van der Waals surface area contributed by atoms with Gasteiger partial charge in [0, 0.05) is 23.7 Å². The predicted molar refractivity (Wildman–Crippen MR) is 148 cm³/mol. The maximum atomic E-state index is 13.7. The zero-order chi connectivity index (χ0) is 25.9. The Labute approximate surface area is 215 Å². The molecule has 5 rings (SSSR count). The molecule has 0 atom stereocenters. The smallest absolute Gasteiger partial charge is 0.261 e. The van der Waals surface area contributed by atoms with Gasteiger partial charge < -0.3 is 15.2 Å². The third-order valence-corrected chi connectivity index (χ3v) is 6.54. The predicted octanol–water partition coefficient (Wildman–Crippen LogP) is 5.56. The summed E-state index contributed by atoms with van der Waals surface area (Å²) in [5.74, 6) is 2.08. The normalized spacial score (nSPS) is 11.0. The fraction of sp³-hybridized carbons (Fsp3) is 0.161. The van der Waals surface area contributed by atoms with Crippen molar-refractivity contribution in [2.75, 3.05) is 14.2 Å². The Kier molecular flexibility index (Phi) is 6.75. The molecule has 0 aliphatic heterocycles. The third-order valence-electron chi connectivity index (χ3n) is 6.54. The van der Waals surface area contributed by atoms with Crippen molar-refractivity contribution in [2.45, 2.75) is 20.0 Å². The van der Waals surface area contributed by atoms with Crippen LogP contribution < -0.4 is 20.8 Å². The second-order valence-corrected chi connectivity index (χ2v) is 9.01. The van der Waals surface area contributed by atoms with E-state index in [9.17, 15) is 4.79 Å². The van der Waals surface area contributed by atoms with Crippen molar-refractivity contribution in [1.82, 2.24) is 9.55 Å². The van der Waals surface area contributed by atoms with E-state index < -0.39 is 0 Å². The summed E-state index contributed by atoms with van der Waals surface area (Å²) in [6, 6.07) is 27.6. The molecule has 6 nitrogen and oxygen atoms in total. The van der Waals surface area contributed by atoms with Crippen LogP contribution >= 0.6 is 0 Å². The van der Waals surface area contributed by atoms with Gasteiger partial charge in [0.1, 0.15) is 17.3 Å². The van der Waals surface area contributed by atoms with Gasteiger partial charge in [-0.15, -0.1) is 0 Å². The highest BCUT2D eigenvalue weighted by molar-refractivity contribution is 5.81. The van der Waals surface area contributed by atoms with Crippen molar-refractivity contribution in [3.8, 4) is 34.0 Å². The Bertz CT molecular complexity index is 1640. The van der Waals surface area contributed by atoms with Crippen LogP contribution in [0.15, 0.2) is 89.7 Å². The lowest BCUT2D eigenvalue weighted by Gasteiger charge is -2.16. The zero-order valence-corrected chi connectivity index (χ0v) is 21.2. The molecule has 37 heavy (non-hydrogen) atoms. The average Bonchev–Trinajstić information content (AvgIpc) is 2.94. The number of aryl methyl sites for hydroxylation is 1. The lowest BCUT2D eigenvalue weighted by atomic mass is 10.0. The number of nitrogens with zero attached hydrogens (tertiary/aromatic N) is 2. The average molecular weight is 492 g/mol. The van der Waals surface area contributed by atoms with Gasteiger partial charge in [0.25, 0.3) is 5.56 Å². The minimum atomic E-state index is -0.0669. The Hall–Kier alpha value is -4.42. The van der Waals surface area contributed by atoms with Crippen molar-refractivity contribution in [3.63, 3.8) is 0 Å². The first-order valence-corrected chi connectivity index (χ1v) is 12.1. The van der Waals surface area contributed by atoms with Gasteiger partial charge in [-0.25, -0.2) is 4.98 Å². The van der Waals surface area contributed by atoms with Crippen LogP contribution in [0.25, 0.3) is 33.4 Å². The van der Waals surface area contributed by atoms with Crippen molar-refractivity contribution in [1.29, 1.82) is 0 Å². The molecule has 1 aromatic heterocycles. The van der Waals surface area contributed by atoms with Gasteiger partial charge in [-0.3, -0.25) is 9.36 Å². The summed E-state index contributed by atoms with van der Waals surface area (Å²) in [7, 11) is 3.28. The Morgan fingerprint density at radius 3 is 2.32 bits per heavy atom. The summed E-state index contributed by atoms with van der Waals surface area (Å²) in [4.78, 5) is 18.7. The fourth-order valence-corrected chi connectivity index (χ4v) is 4.58. The second-order valence-electron chi connectivity index (χ2n) is 9.01. The summed E-state index contributed by atoms with van der Waals surface area (Å²) >= 11 is 0. The number of benzene rings is 4. The van der Waals surface area contributed by atoms with Crippen molar-refractivity contribution < 1.29 is 9.47 Å². The van der Waals surface area contributed by atoms with Crippen molar-refractivity contribution in [3.05, 3.63) is 112 Å². The van der Waals surface area contributed by atoms with E-state index in [1.54, 1.807) is 18.8 Å². The lowest BCUT2D eigenvalue weighted by molar-refractivity contribution is 0.395. The number of fused-ring (bicyclic) bond motifs is 1.